The lowest BCUT2D eigenvalue weighted by atomic mass is 10.0. The number of nitrogens with two attached hydrogens (primary N) is 1. The standard InChI is InChI=1S/C9H12FNO3/c10-5-2-1-3-6(11)8(5)9(14)7(13)4-12/h1-3,7,9,12-14H,4,11H2. The fraction of sp³-hybridized carbons (Fsp3) is 0.333. The van der Waals surface area contributed by atoms with E-state index >= 15 is 0 Å². The van der Waals surface area contributed by atoms with Gasteiger partial charge in [-0.2, -0.15) is 0 Å². The monoisotopic (exact) mass is 201 g/mol. The minimum absolute atomic E-state index is 0.0463. The van der Waals surface area contributed by atoms with Crippen LogP contribution < -0.4 is 5.73 Å². The van der Waals surface area contributed by atoms with Gasteiger partial charge in [0.2, 0.25) is 0 Å². The molecule has 2 unspecified atom stereocenters. The van der Waals surface area contributed by atoms with E-state index in [1.54, 1.807) is 0 Å². The van der Waals surface area contributed by atoms with Gasteiger partial charge in [0.05, 0.1) is 6.61 Å². The SMILES string of the molecule is Nc1cccc(F)c1C(O)C(O)CO. The van der Waals surface area contributed by atoms with E-state index < -0.39 is 24.6 Å². The molecule has 1 aromatic carbocycles. The summed E-state index contributed by atoms with van der Waals surface area (Å²) in [5.74, 6) is -0.704. The zero-order valence-electron chi connectivity index (χ0n) is 7.39. The zero-order chi connectivity index (χ0) is 10.7. The van der Waals surface area contributed by atoms with Gasteiger partial charge in [0.1, 0.15) is 18.0 Å². The number of aliphatic hydroxyl groups excluding tert-OH is 3. The Hall–Kier alpha value is -1.17. The van der Waals surface area contributed by atoms with Crippen LogP contribution in [0.2, 0.25) is 0 Å². The first-order valence-corrected chi connectivity index (χ1v) is 4.08. The van der Waals surface area contributed by atoms with Crippen LogP contribution >= 0.6 is 0 Å². The molecule has 0 bridgehead atoms. The highest BCUT2D eigenvalue weighted by molar-refractivity contribution is 5.48. The molecule has 1 rings (SSSR count). The van der Waals surface area contributed by atoms with Gasteiger partial charge in [-0.15, -0.1) is 0 Å². The molecule has 0 aliphatic heterocycles. The number of benzene rings is 1. The van der Waals surface area contributed by atoms with Gasteiger partial charge in [-0.05, 0) is 12.1 Å². The van der Waals surface area contributed by atoms with Crippen LogP contribution in [0.25, 0.3) is 0 Å². The molecule has 0 heterocycles. The van der Waals surface area contributed by atoms with Crippen molar-refractivity contribution in [1.29, 1.82) is 0 Å². The van der Waals surface area contributed by atoms with Crippen molar-refractivity contribution in [3.8, 4) is 0 Å². The van der Waals surface area contributed by atoms with Gasteiger partial charge in [0, 0.05) is 11.3 Å². The number of anilines is 1. The van der Waals surface area contributed by atoms with Gasteiger partial charge in [-0.3, -0.25) is 0 Å². The van der Waals surface area contributed by atoms with Crippen molar-refractivity contribution >= 4 is 5.69 Å². The van der Waals surface area contributed by atoms with Crippen LogP contribution in [0.5, 0.6) is 0 Å². The number of halogens is 1. The molecule has 0 aliphatic rings. The van der Waals surface area contributed by atoms with Crippen LogP contribution in [-0.4, -0.2) is 28.0 Å². The highest BCUT2D eigenvalue weighted by atomic mass is 19.1. The third kappa shape index (κ3) is 2.01. The second kappa shape index (κ2) is 4.36. The lowest BCUT2D eigenvalue weighted by Crippen LogP contribution is -2.23. The molecule has 5 heteroatoms. The van der Waals surface area contributed by atoms with Crippen molar-refractivity contribution in [3.05, 3.63) is 29.6 Å². The molecule has 1 aromatic rings. The molecule has 14 heavy (non-hydrogen) atoms. The minimum Gasteiger partial charge on any atom is -0.398 e. The first-order chi connectivity index (χ1) is 6.57. The van der Waals surface area contributed by atoms with Gasteiger partial charge < -0.3 is 21.1 Å². The van der Waals surface area contributed by atoms with Crippen LogP contribution in [0.15, 0.2) is 18.2 Å². The summed E-state index contributed by atoms with van der Waals surface area (Å²) in [6.07, 6.45) is -2.95. The average molecular weight is 201 g/mol. The molecule has 0 aromatic heterocycles. The maximum absolute atomic E-state index is 13.2. The van der Waals surface area contributed by atoms with Gasteiger partial charge in [0.25, 0.3) is 0 Å². The highest BCUT2D eigenvalue weighted by Gasteiger charge is 2.22. The largest absolute Gasteiger partial charge is 0.398 e. The fourth-order valence-electron chi connectivity index (χ4n) is 1.16. The summed E-state index contributed by atoms with van der Waals surface area (Å²) in [7, 11) is 0. The Morgan fingerprint density at radius 3 is 2.50 bits per heavy atom. The first-order valence-electron chi connectivity index (χ1n) is 4.08. The van der Waals surface area contributed by atoms with Crippen molar-refractivity contribution in [3.63, 3.8) is 0 Å². The second-order valence-corrected chi connectivity index (χ2v) is 2.94. The summed E-state index contributed by atoms with van der Waals surface area (Å²) in [6, 6.07) is 3.93. The van der Waals surface area contributed by atoms with E-state index in [0.717, 1.165) is 6.07 Å². The van der Waals surface area contributed by atoms with Crippen molar-refractivity contribution in [2.24, 2.45) is 0 Å². The highest BCUT2D eigenvalue weighted by Crippen LogP contribution is 2.25. The fourth-order valence-corrected chi connectivity index (χ4v) is 1.16. The summed E-state index contributed by atoms with van der Waals surface area (Å²) in [5.41, 5.74) is 5.28. The van der Waals surface area contributed by atoms with Crippen LogP contribution in [-0.2, 0) is 0 Å². The van der Waals surface area contributed by atoms with E-state index in [1.807, 2.05) is 0 Å². The van der Waals surface area contributed by atoms with E-state index in [9.17, 15) is 9.50 Å². The summed E-state index contributed by atoms with van der Waals surface area (Å²) in [5, 5.41) is 27.1. The number of hydrogen-bond acceptors (Lipinski definition) is 4. The van der Waals surface area contributed by atoms with E-state index in [0.29, 0.717) is 0 Å². The molecule has 0 aliphatic carbocycles. The normalized spacial score (nSPS) is 15.1. The summed E-state index contributed by atoms with van der Waals surface area (Å²) >= 11 is 0. The van der Waals surface area contributed by atoms with E-state index in [1.165, 1.54) is 12.1 Å². The Morgan fingerprint density at radius 1 is 1.36 bits per heavy atom. The zero-order valence-corrected chi connectivity index (χ0v) is 7.39. The van der Waals surface area contributed by atoms with Crippen LogP contribution in [0.1, 0.15) is 11.7 Å². The van der Waals surface area contributed by atoms with Crippen molar-refractivity contribution < 1.29 is 19.7 Å². The van der Waals surface area contributed by atoms with E-state index in [2.05, 4.69) is 0 Å². The van der Waals surface area contributed by atoms with Crippen molar-refractivity contribution in [1.82, 2.24) is 0 Å². The molecular formula is C9H12FNO3. The van der Waals surface area contributed by atoms with Crippen LogP contribution in [0.3, 0.4) is 0 Å². The molecule has 0 amide bonds. The maximum Gasteiger partial charge on any atom is 0.131 e. The third-order valence-corrected chi connectivity index (χ3v) is 1.93. The molecule has 4 nitrogen and oxygen atoms in total. The van der Waals surface area contributed by atoms with Gasteiger partial charge in [-0.25, -0.2) is 4.39 Å². The minimum atomic E-state index is -1.51. The molecular weight excluding hydrogens is 189 g/mol. The number of aliphatic hydroxyl groups is 3. The topological polar surface area (TPSA) is 86.7 Å². The Kier molecular flexibility index (Phi) is 3.40. The summed E-state index contributed by atoms with van der Waals surface area (Å²) < 4.78 is 13.2. The van der Waals surface area contributed by atoms with Crippen molar-refractivity contribution in [2.45, 2.75) is 12.2 Å². The first kappa shape index (κ1) is 10.9. The lowest BCUT2D eigenvalue weighted by Gasteiger charge is -2.18. The van der Waals surface area contributed by atoms with Gasteiger partial charge >= 0.3 is 0 Å². The average Bonchev–Trinajstić information content (AvgIpc) is 2.16. The molecule has 2 atom stereocenters. The molecule has 0 fully saturated rings. The molecule has 0 saturated heterocycles. The predicted molar refractivity (Wildman–Crippen MR) is 48.9 cm³/mol. The molecule has 5 N–H and O–H groups in total. The quantitative estimate of drug-likeness (QED) is 0.510. The van der Waals surface area contributed by atoms with Gasteiger partial charge in [-0.1, -0.05) is 6.07 Å². The molecule has 78 valence electrons. The molecule has 0 saturated carbocycles. The second-order valence-electron chi connectivity index (χ2n) is 2.94. The molecule has 0 radical (unpaired) electrons. The van der Waals surface area contributed by atoms with E-state index in [4.69, 9.17) is 15.9 Å². The Bertz CT molecular complexity index is 299. The number of rotatable bonds is 3. The Balaban J connectivity index is 3.05. The Morgan fingerprint density at radius 2 is 2.00 bits per heavy atom. The molecule has 0 spiro atoms. The van der Waals surface area contributed by atoms with Crippen molar-refractivity contribution in [2.75, 3.05) is 12.3 Å². The summed E-state index contributed by atoms with van der Waals surface area (Å²) in [6.45, 7) is -0.658. The third-order valence-electron chi connectivity index (χ3n) is 1.93. The van der Waals surface area contributed by atoms with Gasteiger partial charge in [0.15, 0.2) is 0 Å². The Labute approximate surface area is 80.4 Å². The number of hydrogen-bond donors (Lipinski definition) is 4. The maximum atomic E-state index is 13.2. The van der Waals surface area contributed by atoms with E-state index in [-0.39, 0.29) is 11.3 Å². The predicted octanol–water partition coefficient (Wildman–Crippen LogP) is -0.205. The smallest absolute Gasteiger partial charge is 0.131 e. The van der Waals surface area contributed by atoms with Crippen LogP contribution in [0, 0.1) is 5.82 Å². The summed E-state index contributed by atoms with van der Waals surface area (Å²) in [4.78, 5) is 0. The lowest BCUT2D eigenvalue weighted by molar-refractivity contribution is -0.0164. The number of nitrogen functional groups attached to an aromatic ring is 1. The van der Waals surface area contributed by atoms with Crippen LogP contribution in [0.4, 0.5) is 10.1 Å².